The number of aliphatic hydroxyl groups excluding tert-OH is 1. The zero-order valence-corrected chi connectivity index (χ0v) is 7.89. The van der Waals surface area contributed by atoms with Crippen LogP contribution in [-0.4, -0.2) is 30.0 Å². The van der Waals surface area contributed by atoms with Crippen LogP contribution in [0, 0.1) is 0 Å². The minimum Gasteiger partial charge on any atom is -0.444 e. The molecule has 0 bridgehead atoms. The molecule has 4 nitrogen and oxygen atoms in total. The first-order chi connectivity index (χ1) is 5.52. The molecule has 0 radical (unpaired) electrons. The maximum absolute atomic E-state index is 10.9. The average Bonchev–Trinajstić information content (AvgIpc) is 2.00. The number of carbonyl (C=O) groups excluding carboxylic acids is 1. The largest absolute Gasteiger partial charge is 0.444 e. The quantitative estimate of drug-likeness (QED) is 0.667. The number of hydrogen-bond acceptors (Lipinski definition) is 3. The molecule has 72 valence electrons. The second-order valence-electron chi connectivity index (χ2n) is 3.15. The molecule has 0 aromatic rings. The molecule has 0 aliphatic carbocycles. The van der Waals surface area contributed by atoms with E-state index in [-0.39, 0.29) is 13.2 Å². The third-order valence-corrected chi connectivity index (χ3v) is 1.60. The zero-order chi connectivity index (χ0) is 9.61. The van der Waals surface area contributed by atoms with Gasteiger partial charge in [0.25, 0.3) is 0 Å². The van der Waals surface area contributed by atoms with E-state index in [0.29, 0.717) is 0 Å². The lowest BCUT2D eigenvalue weighted by Gasteiger charge is -2.23. The van der Waals surface area contributed by atoms with Crippen molar-refractivity contribution in [2.45, 2.75) is 32.8 Å². The predicted molar refractivity (Wildman–Crippen MR) is 45.9 cm³/mol. The third-order valence-electron chi connectivity index (χ3n) is 1.60. The highest BCUT2D eigenvalue weighted by molar-refractivity contribution is 5.67. The maximum atomic E-state index is 10.9. The molecule has 0 aliphatic heterocycles. The molecule has 0 aromatic carbocycles. The SMILES string of the molecule is CCC(C)(C)OC(=O)NCCO. The van der Waals surface area contributed by atoms with Gasteiger partial charge in [-0.05, 0) is 20.3 Å². The molecule has 0 atom stereocenters. The molecule has 0 spiro atoms. The smallest absolute Gasteiger partial charge is 0.407 e. The fourth-order valence-electron chi connectivity index (χ4n) is 0.517. The average molecular weight is 175 g/mol. The Morgan fingerprint density at radius 1 is 1.58 bits per heavy atom. The number of nitrogens with one attached hydrogen (secondary N) is 1. The summed E-state index contributed by atoms with van der Waals surface area (Å²) in [6, 6.07) is 0. The number of amides is 1. The van der Waals surface area contributed by atoms with E-state index in [0.717, 1.165) is 6.42 Å². The highest BCUT2D eigenvalue weighted by Crippen LogP contribution is 2.12. The summed E-state index contributed by atoms with van der Waals surface area (Å²) in [5, 5.41) is 10.8. The van der Waals surface area contributed by atoms with Crippen LogP contribution in [0.5, 0.6) is 0 Å². The fourth-order valence-corrected chi connectivity index (χ4v) is 0.517. The normalized spacial score (nSPS) is 11.0. The summed E-state index contributed by atoms with van der Waals surface area (Å²) >= 11 is 0. The van der Waals surface area contributed by atoms with Gasteiger partial charge in [-0.3, -0.25) is 0 Å². The van der Waals surface area contributed by atoms with Gasteiger partial charge < -0.3 is 15.2 Å². The minimum absolute atomic E-state index is 0.0678. The van der Waals surface area contributed by atoms with Crippen LogP contribution in [0.2, 0.25) is 0 Å². The van der Waals surface area contributed by atoms with Gasteiger partial charge in [-0.25, -0.2) is 4.79 Å². The van der Waals surface area contributed by atoms with E-state index in [9.17, 15) is 4.79 Å². The van der Waals surface area contributed by atoms with Crippen molar-refractivity contribution in [3.05, 3.63) is 0 Å². The third kappa shape index (κ3) is 4.96. The van der Waals surface area contributed by atoms with Crippen molar-refractivity contribution in [3.63, 3.8) is 0 Å². The second kappa shape index (κ2) is 4.98. The lowest BCUT2D eigenvalue weighted by molar-refractivity contribution is 0.0355. The van der Waals surface area contributed by atoms with Crippen LogP contribution in [-0.2, 0) is 4.74 Å². The molecule has 0 heterocycles. The Hall–Kier alpha value is -0.770. The molecule has 0 fully saturated rings. The molecule has 0 saturated heterocycles. The summed E-state index contributed by atoms with van der Waals surface area (Å²) in [5.41, 5.74) is -0.431. The lowest BCUT2D eigenvalue weighted by atomic mass is 10.1. The van der Waals surface area contributed by atoms with E-state index in [1.807, 2.05) is 20.8 Å². The Labute approximate surface area is 72.9 Å². The van der Waals surface area contributed by atoms with Crippen molar-refractivity contribution in [3.8, 4) is 0 Å². The molecule has 0 aromatic heterocycles. The Morgan fingerprint density at radius 2 is 2.17 bits per heavy atom. The van der Waals surface area contributed by atoms with Gasteiger partial charge in [-0.15, -0.1) is 0 Å². The summed E-state index contributed by atoms with van der Waals surface area (Å²) in [6.07, 6.45) is 0.287. The van der Waals surface area contributed by atoms with Crippen molar-refractivity contribution >= 4 is 6.09 Å². The van der Waals surface area contributed by atoms with Gasteiger partial charge in [0.15, 0.2) is 0 Å². The van der Waals surface area contributed by atoms with Crippen LogP contribution in [0.1, 0.15) is 27.2 Å². The molecule has 0 unspecified atom stereocenters. The van der Waals surface area contributed by atoms with Crippen molar-refractivity contribution in [2.24, 2.45) is 0 Å². The Morgan fingerprint density at radius 3 is 2.58 bits per heavy atom. The summed E-state index contributed by atoms with van der Waals surface area (Å²) in [7, 11) is 0. The number of carbonyl (C=O) groups is 1. The first-order valence-corrected chi connectivity index (χ1v) is 4.09. The Kier molecular flexibility index (Phi) is 4.66. The molecule has 4 heteroatoms. The van der Waals surface area contributed by atoms with E-state index >= 15 is 0 Å². The van der Waals surface area contributed by atoms with Crippen molar-refractivity contribution < 1.29 is 14.6 Å². The van der Waals surface area contributed by atoms with Gasteiger partial charge in [0.05, 0.1) is 6.61 Å². The van der Waals surface area contributed by atoms with E-state index in [1.165, 1.54) is 0 Å². The monoisotopic (exact) mass is 175 g/mol. The van der Waals surface area contributed by atoms with Crippen molar-refractivity contribution in [1.29, 1.82) is 0 Å². The number of alkyl carbamates (subject to hydrolysis) is 1. The molecule has 2 N–H and O–H groups in total. The Bertz CT molecular complexity index is 145. The minimum atomic E-state index is -0.476. The standard InChI is InChI=1S/C8H17NO3/c1-4-8(2,3)12-7(11)9-5-6-10/h10H,4-6H2,1-3H3,(H,9,11). The van der Waals surface area contributed by atoms with Gasteiger partial charge in [-0.1, -0.05) is 6.92 Å². The van der Waals surface area contributed by atoms with E-state index in [4.69, 9.17) is 9.84 Å². The van der Waals surface area contributed by atoms with Crippen LogP contribution >= 0.6 is 0 Å². The van der Waals surface area contributed by atoms with Gasteiger partial charge in [0, 0.05) is 6.54 Å². The van der Waals surface area contributed by atoms with Crippen LogP contribution in [0.3, 0.4) is 0 Å². The van der Waals surface area contributed by atoms with Gasteiger partial charge in [0.1, 0.15) is 5.60 Å². The second-order valence-corrected chi connectivity index (χ2v) is 3.15. The van der Waals surface area contributed by atoms with Crippen LogP contribution in [0.25, 0.3) is 0 Å². The molecule has 0 saturated carbocycles. The maximum Gasteiger partial charge on any atom is 0.407 e. The number of rotatable bonds is 4. The van der Waals surface area contributed by atoms with E-state index < -0.39 is 11.7 Å². The molecule has 0 rings (SSSR count). The topological polar surface area (TPSA) is 58.6 Å². The van der Waals surface area contributed by atoms with Crippen molar-refractivity contribution in [1.82, 2.24) is 5.32 Å². The number of aliphatic hydroxyl groups is 1. The first-order valence-electron chi connectivity index (χ1n) is 4.09. The van der Waals surface area contributed by atoms with Gasteiger partial charge in [0.2, 0.25) is 0 Å². The number of hydrogen-bond donors (Lipinski definition) is 2. The lowest BCUT2D eigenvalue weighted by Crippen LogP contribution is -2.35. The fraction of sp³-hybridized carbons (Fsp3) is 0.875. The highest BCUT2D eigenvalue weighted by Gasteiger charge is 2.19. The molecular formula is C8H17NO3. The molecule has 1 amide bonds. The summed E-state index contributed by atoms with van der Waals surface area (Å²) in [4.78, 5) is 10.9. The van der Waals surface area contributed by atoms with Crippen LogP contribution < -0.4 is 5.32 Å². The van der Waals surface area contributed by atoms with Gasteiger partial charge >= 0.3 is 6.09 Å². The zero-order valence-electron chi connectivity index (χ0n) is 7.89. The number of ether oxygens (including phenoxy) is 1. The molecule has 0 aliphatic rings. The summed E-state index contributed by atoms with van der Waals surface area (Å²) < 4.78 is 5.03. The summed E-state index contributed by atoms with van der Waals surface area (Å²) in [5.74, 6) is 0. The van der Waals surface area contributed by atoms with Gasteiger partial charge in [-0.2, -0.15) is 0 Å². The first kappa shape index (κ1) is 11.2. The van der Waals surface area contributed by atoms with E-state index in [2.05, 4.69) is 5.32 Å². The van der Waals surface area contributed by atoms with E-state index in [1.54, 1.807) is 0 Å². The summed E-state index contributed by atoms with van der Waals surface area (Å²) in [6.45, 7) is 5.79. The molecule has 12 heavy (non-hydrogen) atoms. The molecular weight excluding hydrogens is 158 g/mol. The van der Waals surface area contributed by atoms with Crippen LogP contribution in [0.15, 0.2) is 0 Å². The Balaban J connectivity index is 3.68. The van der Waals surface area contributed by atoms with Crippen molar-refractivity contribution in [2.75, 3.05) is 13.2 Å². The highest BCUT2D eigenvalue weighted by atomic mass is 16.6. The van der Waals surface area contributed by atoms with Crippen LogP contribution in [0.4, 0.5) is 4.79 Å². The predicted octanol–water partition coefficient (Wildman–Crippen LogP) is 0.893.